The van der Waals surface area contributed by atoms with Gasteiger partial charge in [0, 0.05) is 56.9 Å². The molecule has 1 aromatic rings. The summed E-state index contributed by atoms with van der Waals surface area (Å²) in [7, 11) is 2.18. The van der Waals surface area contributed by atoms with Crippen LogP contribution in [0.4, 0.5) is 5.69 Å². The topological polar surface area (TPSA) is 55.9 Å². The largest absolute Gasteiger partial charge is 0.354 e. The second-order valence-corrected chi connectivity index (χ2v) is 9.03. The van der Waals surface area contributed by atoms with E-state index < -0.39 is 0 Å². The molecule has 0 spiro atoms. The van der Waals surface area contributed by atoms with Crippen LogP contribution in [-0.2, 0) is 9.59 Å². The molecular formula is C23H34N4O2. The summed E-state index contributed by atoms with van der Waals surface area (Å²) in [5.74, 6) is -0.172. The normalized spacial score (nSPS) is 25.9. The molecule has 158 valence electrons. The van der Waals surface area contributed by atoms with Crippen molar-refractivity contribution in [3.05, 3.63) is 30.3 Å². The molecule has 3 aliphatic rings. The first-order valence-corrected chi connectivity index (χ1v) is 11.1. The molecule has 0 bridgehead atoms. The Morgan fingerprint density at radius 2 is 1.76 bits per heavy atom. The number of carbonyl (C=O) groups excluding carboxylic acids is 2. The fourth-order valence-electron chi connectivity index (χ4n) is 5.23. The van der Waals surface area contributed by atoms with Crippen LogP contribution < -0.4 is 10.2 Å². The number of nitrogens with one attached hydrogen (secondary N) is 1. The summed E-state index contributed by atoms with van der Waals surface area (Å²) in [5.41, 5.74) is 0.977. The first-order valence-electron chi connectivity index (χ1n) is 11.1. The molecule has 2 heterocycles. The standard InChI is InChI=1S/C23H34N4O2/c1-25-12-14-26(15-13-25)23(10-6-3-7-11-23)18-24-22(29)19-16-21(28)27(17-19)20-8-4-2-5-9-20/h2,4-5,8-9,19H,3,6-7,10-18H2,1H3,(H,24,29). The maximum atomic E-state index is 13.0. The van der Waals surface area contributed by atoms with Gasteiger partial charge in [0.05, 0.1) is 5.92 Å². The minimum atomic E-state index is -0.254. The van der Waals surface area contributed by atoms with Crippen molar-refractivity contribution in [2.45, 2.75) is 44.1 Å². The van der Waals surface area contributed by atoms with Crippen LogP contribution in [0.2, 0.25) is 0 Å². The molecule has 1 saturated carbocycles. The molecule has 29 heavy (non-hydrogen) atoms. The van der Waals surface area contributed by atoms with Crippen molar-refractivity contribution >= 4 is 17.5 Å². The Balaban J connectivity index is 1.38. The van der Waals surface area contributed by atoms with E-state index in [4.69, 9.17) is 0 Å². The highest BCUT2D eigenvalue weighted by atomic mass is 16.2. The maximum absolute atomic E-state index is 13.0. The number of nitrogens with zero attached hydrogens (tertiary/aromatic N) is 3. The Bertz CT molecular complexity index is 709. The van der Waals surface area contributed by atoms with E-state index in [0.717, 1.165) is 44.7 Å². The maximum Gasteiger partial charge on any atom is 0.227 e. The Labute approximate surface area is 174 Å². The summed E-state index contributed by atoms with van der Waals surface area (Å²) in [6, 6.07) is 9.67. The zero-order chi connectivity index (χ0) is 20.3. The highest BCUT2D eigenvalue weighted by Crippen LogP contribution is 2.34. The van der Waals surface area contributed by atoms with Crippen LogP contribution in [0, 0.1) is 5.92 Å². The van der Waals surface area contributed by atoms with Gasteiger partial charge in [-0.05, 0) is 32.0 Å². The number of piperazine rings is 1. The molecule has 0 aromatic heterocycles. The summed E-state index contributed by atoms with van der Waals surface area (Å²) in [6.07, 6.45) is 6.42. The Kier molecular flexibility index (Phi) is 6.20. The van der Waals surface area contributed by atoms with Gasteiger partial charge in [-0.25, -0.2) is 0 Å². The molecule has 0 radical (unpaired) electrons. The number of amides is 2. The van der Waals surface area contributed by atoms with Gasteiger partial charge in [-0.15, -0.1) is 0 Å². The van der Waals surface area contributed by atoms with Crippen LogP contribution in [0.3, 0.4) is 0 Å². The molecule has 1 unspecified atom stereocenters. The number of carbonyl (C=O) groups is 2. The third-order valence-corrected chi connectivity index (χ3v) is 7.11. The number of hydrogen-bond donors (Lipinski definition) is 1. The molecule has 3 fully saturated rings. The lowest BCUT2D eigenvalue weighted by molar-refractivity contribution is -0.127. The lowest BCUT2D eigenvalue weighted by Crippen LogP contribution is -2.61. The highest BCUT2D eigenvalue weighted by Gasteiger charge is 2.41. The van der Waals surface area contributed by atoms with Gasteiger partial charge in [0.15, 0.2) is 0 Å². The number of anilines is 1. The van der Waals surface area contributed by atoms with Gasteiger partial charge in [0.25, 0.3) is 0 Å². The fraction of sp³-hybridized carbons (Fsp3) is 0.652. The van der Waals surface area contributed by atoms with Crippen LogP contribution in [0.25, 0.3) is 0 Å². The van der Waals surface area contributed by atoms with E-state index in [2.05, 4.69) is 22.2 Å². The van der Waals surface area contributed by atoms with Gasteiger partial charge >= 0.3 is 0 Å². The molecule has 6 heteroatoms. The second kappa shape index (κ2) is 8.84. The average Bonchev–Trinajstić information content (AvgIpc) is 3.15. The van der Waals surface area contributed by atoms with Crippen LogP contribution in [-0.4, -0.2) is 73.5 Å². The van der Waals surface area contributed by atoms with Gasteiger partial charge in [-0.3, -0.25) is 14.5 Å². The minimum Gasteiger partial charge on any atom is -0.354 e. The smallest absolute Gasteiger partial charge is 0.227 e. The van der Waals surface area contributed by atoms with Crippen LogP contribution in [0.1, 0.15) is 38.5 Å². The quantitative estimate of drug-likeness (QED) is 0.825. The van der Waals surface area contributed by atoms with E-state index in [9.17, 15) is 9.59 Å². The molecule has 1 atom stereocenters. The van der Waals surface area contributed by atoms with Crippen molar-refractivity contribution in [1.82, 2.24) is 15.1 Å². The van der Waals surface area contributed by atoms with Crippen LogP contribution in [0.15, 0.2) is 30.3 Å². The number of hydrogen-bond acceptors (Lipinski definition) is 4. The molecule has 1 aliphatic carbocycles. The number of benzene rings is 1. The number of likely N-dealkylation sites (N-methyl/N-ethyl adjacent to an activating group) is 1. The monoisotopic (exact) mass is 398 g/mol. The SMILES string of the molecule is CN1CCN(C2(CNC(=O)C3CC(=O)N(c4ccccc4)C3)CCCCC2)CC1. The van der Waals surface area contributed by atoms with Crippen molar-refractivity contribution in [3.8, 4) is 0 Å². The molecule has 2 aliphatic heterocycles. The van der Waals surface area contributed by atoms with Crippen molar-refractivity contribution in [3.63, 3.8) is 0 Å². The first-order chi connectivity index (χ1) is 14.1. The molecule has 2 saturated heterocycles. The second-order valence-electron chi connectivity index (χ2n) is 9.03. The molecular weight excluding hydrogens is 364 g/mol. The van der Waals surface area contributed by atoms with Crippen molar-refractivity contribution < 1.29 is 9.59 Å². The molecule has 4 rings (SSSR count). The lowest BCUT2D eigenvalue weighted by Gasteiger charge is -2.49. The fourth-order valence-corrected chi connectivity index (χ4v) is 5.23. The predicted molar refractivity (Wildman–Crippen MR) is 115 cm³/mol. The third kappa shape index (κ3) is 4.48. The van der Waals surface area contributed by atoms with Gasteiger partial charge in [0.2, 0.25) is 11.8 Å². The van der Waals surface area contributed by atoms with Crippen molar-refractivity contribution in [1.29, 1.82) is 0 Å². The molecule has 6 nitrogen and oxygen atoms in total. The lowest BCUT2D eigenvalue weighted by atomic mass is 9.79. The zero-order valence-electron chi connectivity index (χ0n) is 17.6. The predicted octanol–water partition coefficient (Wildman–Crippen LogP) is 2.11. The summed E-state index contributed by atoms with van der Waals surface area (Å²) >= 11 is 0. The Morgan fingerprint density at radius 1 is 1.07 bits per heavy atom. The Hall–Kier alpha value is -1.92. The first kappa shape index (κ1) is 20.4. The van der Waals surface area contributed by atoms with Crippen LogP contribution >= 0.6 is 0 Å². The van der Waals surface area contributed by atoms with Crippen molar-refractivity contribution in [2.24, 2.45) is 5.92 Å². The van der Waals surface area contributed by atoms with E-state index in [-0.39, 0.29) is 23.3 Å². The summed E-state index contributed by atoms with van der Waals surface area (Å²) < 4.78 is 0. The zero-order valence-corrected chi connectivity index (χ0v) is 17.6. The summed E-state index contributed by atoms with van der Waals surface area (Å²) in [5, 5.41) is 3.26. The number of rotatable bonds is 5. The van der Waals surface area contributed by atoms with E-state index >= 15 is 0 Å². The molecule has 1 N–H and O–H groups in total. The van der Waals surface area contributed by atoms with E-state index in [1.165, 1.54) is 19.3 Å². The Morgan fingerprint density at radius 3 is 2.45 bits per heavy atom. The minimum absolute atomic E-state index is 0.0378. The summed E-state index contributed by atoms with van der Waals surface area (Å²) in [6.45, 7) is 5.55. The van der Waals surface area contributed by atoms with Gasteiger partial charge in [0.1, 0.15) is 0 Å². The molecule has 2 amide bonds. The van der Waals surface area contributed by atoms with Crippen molar-refractivity contribution in [2.75, 3.05) is 51.2 Å². The third-order valence-electron chi connectivity index (χ3n) is 7.11. The van der Waals surface area contributed by atoms with E-state index in [1.807, 2.05) is 30.3 Å². The van der Waals surface area contributed by atoms with Gasteiger partial charge in [-0.2, -0.15) is 0 Å². The highest BCUT2D eigenvalue weighted by molar-refractivity contribution is 6.00. The van der Waals surface area contributed by atoms with Crippen LogP contribution in [0.5, 0.6) is 0 Å². The number of para-hydroxylation sites is 1. The molecule has 1 aromatic carbocycles. The summed E-state index contributed by atoms with van der Waals surface area (Å²) in [4.78, 5) is 32.2. The van der Waals surface area contributed by atoms with E-state index in [0.29, 0.717) is 19.5 Å². The van der Waals surface area contributed by atoms with Gasteiger partial charge in [-0.1, -0.05) is 37.5 Å². The van der Waals surface area contributed by atoms with E-state index in [1.54, 1.807) is 4.90 Å². The average molecular weight is 399 g/mol. The van der Waals surface area contributed by atoms with Gasteiger partial charge < -0.3 is 15.1 Å².